The van der Waals surface area contributed by atoms with Crippen molar-refractivity contribution in [3.63, 3.8) is 0 Å². The molecule has 1 fully saturated rings. The van der Waals surface area contributed by atoms with E-state index in [-0.39, 0.29) is 18.0 Å². The van der Waals surface area contributed by atoms with Gasteiger partial charge in [0, 0.05) is 0 Å². The fraction of sp³-hybridized carbons (Fsp3) is 0.577. The van der Waals surface area contributed by atoms with Gasteiger partial charge >= 0.3 is 139 Å². The predicted octanol–water partition coefficient (Wildman–Crippen LogP) is 6.33. The van der Waals surface area contributed by atoms with Gasteiger partial charge in [0.15, 0.2) is 0 Å². The molecule has 0 aliphatic carbocycles. The second-order valence-corrected chi connectivity index (χ2v) is 24.6. The van der Waals surface area contributed by atoms with Crippen LogP contribution in [0.2, 0.25) is 14.8 Å². The first-order valence-corrected chi connectivity index (χ1v) is 21.3. The van der Waals surface area contributed by atoms with Gasteiger partial charge in [0.25, 0.3) is 0 Å². The van der Waals surface area contributed by atoms with Crippen molar-refractivity contribution in [3.8, 4) is 5.75 Å². The number of esters is 1. The van der Waals surface area contributed by atoms with Crippen LogP contribution in [0.15, 0.2) is 46.1 Å². The van der Waals surface area contributed by atoms with E-state index in [1.807, 2.05) is 24.3 Å². The number of rotatable bonds is 12. The van der Waals surface area contributed by atoms with Gasteiger partial charge in [-0.05, 0) is 17.7 Å². The zero-order chi connectivity index (χ0) is 23.0. The Kier molecular flexibility index (Phi) is 10.1. The maximum absolute atomic E-state index is 12.3. The van der Waals surface area contributed by atoms with Gasteiger partial charge in [-0.3, -0.25) is 0 Å². The molecule has 1 heterocycles. The van der Waals surface area contributed by atoms with Crippen molar-refractivity contribution in [2.24, 2.45) is 11.8 Å². The molecule has 0 bridgehead atoms. The Bertz CT molecular complexity index is 761. The third kappa shape index (κ3) is 8.64. The number of cyclic esters (lactones) is 1. The first kappa shape index (κ1) is 26.0. The van der Waals surface area contributed by atoms with Crippen LogP contribution in [0.4, 0.5) is 0 Å². The Morgan fingerprint density at radius 1 is 1.29 bits per heavy atom. The van der Waals surface area contributed by atoms with Crippen molar-refractivity contribution in [1.29, 1.82) is 0 Å². The fourth-order valence-electron chi connectivity index (χ4n) is 3.90. The second-order valence-electron chi connectivity index (χ2n) is 9.93. The fourth-order valence-corrected chi connectivity index (χ4v) is 7.55. The van der Waals surface area contributed by atoms with E-state index in [1.54, 1.807) is 7.11 Å². The van der Waals surface area contributed by atoms with Crippen LogP contribution >= 0.6 is 0 Å². The third-order valence-electron chi connectivity index (χ3n) is 6.02. The normalized spacial score (nSPS) is 20.5. The first-order valence-electron chi connectivity index (χ1n) is 11.4. The zero-order valence-electron chi connectivity index (χ0n) is 20.2. The van der Waals surface area contributed by atoms with E-state index in [2.05, 4.69) is 41.3 Å². The molecule has 5 heteroatoms. The van der Waals surface area contributed by atoms with Gasteiger partial charge in [-0.15, -0.1) is 0 Å². The summed E-state index contributed by atoms with van der Waals surface area (Å²) in [5, 5.41) is 0. The summed E-state index contributed by atoms with van der Waals surface area (Å²) in [4.78, 5) is 19.3. The van der Waals surface area contributed by atoms with E-state index in [0.29, 0.717) is 19.1 Å². The van der Waals surface area contributed by atoms with Crippen molar-refractivity contribution >= 4 is 24.3 Å². The van der Waals surface area contributed by atoms with E-state index in [9.17, 15) is 4.79 Å². The molecule has 0 unspecified atom stereocenters. The van der Waals surface area contributed by atoms with E-state index in [1.165, 1.54) is 9.16 Å². The van der Waals surface area contributed by atoms with Crippen LogP contribution in [-0.4, -0.2) is 44.2 Å². The van der Waals surface area contributed by atoms with Gasteiger partial charge in [-0.2, -0.15) is 0 Å². The Morgan fingerprint density at radius 2 is 1.97 bits per heavy atom. The molecule has 2 rings (SSSR count). The van der Waals surface area contributed by atoms with E-state index >= 15 is 0 Å². The Balaban J connectivity index is 1.67. The zero-order valence-corrected chi connectivity index (χ0v) is 23.1. The summed E-state index contributed by atoms with van der Waals surface area (Å²) in [6.07, 6.45) is 6.20. The predicted molar refractivity (Wildman–Crippen MR) is 130 cm³/mol. The van der Waals surface area contributed by atoms with Crippen molar-refractivity contribution < 1.29 is 19.0 Å². The van der Waals surface area contributed by atoms with Gasteiger partial charge in [0.2, 0.25) is 0 Å². The maximum atomic E-state index is 12.3. The minimum atomic E-state index is -2.28. The average molecular weight is 535 g/mol. The monoisotopic (exact) mass is 536 g/mol. The number of allylic oxidation sites excluding steroid dienone is 1. The SMILES string of the molecule is C=[C]([C@H]1C[C@H](C[C@H](C)CC/C=C(\C)COCc2ccc(OC)cc2)OC1=O)[Sn]([CH3])([CH3])[CH3]. The molecule has 1 aliphatic heterocycles. The van der Waals surface area contributed by atoms with Crippen LogP contribution < -0.4 is 4.74 Å². The molecule has 0 aromatic heterocycles. The molecule has 1 aromatic carbocycles. The molecule has 0 saturated carbocycles. The van der Waals surface area contributed by atoms with Crippen LogP contribution in [0.3, 0.4) is 0 Å². The summed E-state index contributed by atoms with van der Waals surface area (Å²) in [5.74, 6) is 1.28. The molecule has 172 valence electrons. The summed E-state index contributed by atoms with van der Waals surface area (Å²) < 4.78 is 17.9. The number of carbonyl (C=O) groups is 1. The third-order valence-corrected chi connectivity index (χ3v) is 12.5. The van der Waals surface area contributed by atoms with Gasteiger partial charge in [-0.25, -0.2) is 0 Å². The number of ether oxygens (including phenoxy) is 3. The van der Waals surface area contributed by atoms with Crippen molar-refractivity contribution in [3.05, 3.63) is 51.6 Å². The first-order chi connectivity index (χ1) is 14.6. The number of methoxy groups -OCH3 is 1. The molecular formula is C26H40O4Sn. The van der Waals surface area contributed by atoms with Gasteiger partial charge in [-0.1, -0.05) is 12.1 Å². The summed E-state index contributed by atoms with van der Waals surface area (Å²) in [5.41, 5.74) is 2.40. The van der Waals surface area contributed by atoms with Crippen molar-refractivity contribution in [2.75, 3.05) is 13.7 Å². The van der Waals surface area contributed by atoms with E-state index in [0.717, 1.165) is 37.0 Å². The number of carbonyl (C=O) groups excluding carboxylic acids is 1. The van der Waals surface area contributed by atoms with Gasteiger partial charge in [0.05, 0.1) is 13.7 Å². The van der Waals surface area contributed by atoms with E-state index in [4.69, 9.17) is 14.2 Å². The molecule has 0 spiro atoms. The second kappa shape index (κ2) is 12.1. The molecule has 0 N–H and O–H groups in total. The van der Waals surface area contributed by atoms with Crippen LogP contribution in [0.5, 0.6) is 5.75 Å². The Morgan fingerprint density at radius 3 is 2.58 bits per heavy atom. The van der Waals surface area contributed by atoms with Crippen LogP contribution in [-0.2, 0) is 20.9 Å². The average Bonchev–Trinajstić information content (AvgIpc) is 3.06. The molecule has 31 heavy (non-hydrogen) atoms. The van der Waals surface area contributed by atoms with E-state index < -0.39 is 18.4 Å². The van der Waals surface area contributed by atoms with Gasteiger partial charge < -0.3 is 4.74 Å². The number of hydrogen-bond donors (Lipinski definition) is 0. The quantitative estimate of drug-likeness (QED) is 0.178. The summed E-state index contributed by atoms with van der Waals surface area (Å²) in [6, 6.07) is 7.96. The molecule has 1 saturated heterocycles. The molecule has 1 aromatic rings. The molecule has 4 nitrogen and oxygen atoms in total. The molecule has 0 amide bonds. The minimum absolute atomic E-state index is 0.0430. The Hall–Kier alpha value is -1.27. The standard InChI is InChI=1S/C23H31O4.3CH3.Sn/c1-5-20-14-22(27-23(20)24)13-17(2)7-6-8-18(3)15-26-16-19-9-11-21(25-4)12-10-19;;;;/h8-12,17,20,22H,1,6-7,13-16H2,2-4H3;3*1H3;/b18-8+;;;;/t17-,20+,22+;;;;/m1..../s1. The number of hydrogen-bond acceptors (Lipinski definition) is 4. The molecule has 0 radical (unpaired) electrons. The summed E-state index contributed by atoms with van der Waals surface area (Å²) in [7, 11) is 1.67. The topological polar surface area (TPSA) is 44.8 Å². The van der Waals surface area contributed by atoms with Crippen LogP contribution in [0.25, 0.3) is 0 Å². The van der Waals surface area contributed by atoms with Gasteiger partial charge in [0.1, 0.15) is 5.75 Å². The Labute approximate surface area is 192 Å². The van der Waals surface area contributed by atoms with Crippen LogP contribution in [0, 0.1) is 11.8 Å². The summed E-state index contributed by atoms with van der Waals surface area (Å²) in [6.45, 7) is 9.87. The number of benzene rings is 1. The van der Waals surface area contributed by atoms with Crippen LogP contribution in [0.1, 0.15) is 45.1 Å². The van der Waals surface area contributed by atoms with Crippen molar-refractivity contribution in [2.45, 2.75) is 67.1 Å². The summed E-state index contributed by atoms with van der Waals surface area (Å²) >= 11 is -2.28. The van der Waals surface area contributed by atoms with Crippen molar-refractivity contribution in [1.82, 2.24) is 0 Å². The molecule has 1 aliphatic rings. The molecular weight excluding hydrogens is 495 g/mol. The molecule has 3 atom stereocenters.